The predicted octanol–water partition coefficient (Wildman–Crippen LogP) is 1.57. The zero-order chi connectivity index (χ0) is 13.1. The van der Waals surface area contributed by atoms with Crippen LogP contribution < -0.4 is 5.32 Å². The average Bonchev–Trinajstić information content (AvgIpc) is 2.27. The van der Waals surface area contributed by atoms with E-state index in [0.29, 0.717) is 25.9 Å². The minimum absolute atomic E-state index is 0.0713. The number of hydrogen-bond acceptors (Lipinski definition) is 4. The van der Waals surface area contributed by atoms with Crippen LogP contribution in [0.1, 0.15) is 40.5 Å². The number of rotatable bonds is 11. The normalized spacial score (nSPS) is 15.2. The van der Waals surface area contributed by atoms with E-state index in [-0.39, 0.29) is 12.1 Å². The summed E-state index contributed by atoms with van der Waals surface area (Å²) >= 11 is 0. The summed E-state index contributed by atoms with van der Waals surface area (Å²) < 4.78 is 10.9. The number of aliphatic hydroxyl groups is 1. The molecule has 0 aromatic heterocycles. The van der Waals surface area contributed by atoms with Crippen LogP contribution in [0.2, 0.25) is 0 Å². The Morgan fingerprint density at radius 3 is 2.35 bits per heavy atom. The molecule has 1 atom stereocenters. The highest BCUT2D eigenvalue weighted by atomic mass is 16.5. The highest BCUT2D eigenvalue weighted by Gasteiger charge is 2.23. The Balaban J connectivity index is 3.55. The van der Waals surface area contributed by atoms with E-state index in [9.17, 15) is 5.11 Å². The third kappa shape index (κ3) is 9.53. The van der Waals surface area contributed by atoms with Crippen LogP contribution in [0.5, 0.6) is 0 Å². The number of ether oxygens (including phenoxy) is 2. The molecule has 0 spiro atoms. The smallest absolute Gasteiger partial charge is 0.0701 e. The fourth-order valence-corrected chi connectivity index (χ4v) is 1.59. The zero-order valence-corrected chi connectivity index (χ0v) is 11.8. The molecule has 0 aromatic rings. The van der Waals surface area contributed by atoms with Gasteiger partial charge in [0, 0.05) is 12.6 Å². The van der Waals surface area contributed by atoms with Crippen molar-refractivity contribution in [3.63, 3.8) is 0 Å². The fraction of sp³-hybridized carbons (Fsp3) is 1.00. The molecule has 0 aliphatic rings. The van der Waals surface area contributed by atoms with Gasteiger partial charge in [0.25, 0.3) is 0 Å². The minimum Gasteiger partial charge on any atom is -0.394 e. The van der Waals surface area contributed by atoms with Crippen molar-refractivity contribution in [2.75, 3.05) is 33.0 Å². The van der Waals surface area contributed by atoms with Crippen molar-refractivity contribution in [2.24, 2.45) is 0 Å². The van der Waals surface area contributed by atoms with Crippen LogP contribution in [-0.2, 0) is 9.47 Å². The molecule has 0 fully saturated rings. The lowest BCUT2D eigenvalue weighted by molar-refractivity contribution is 0.00584. The summed E-state index contributed by atoms with van der Waals surface area (Å²) in [6, 6.07) is 0.330. The van der Waals surface area contributed by atoms with E-state index in [1.54, 1.807) is 0 Å². The topological polar surface area (TPSA) is 50.7 Å². The molecule has 0 rings (SSSR count). The Morgan fingerprint density at radius 1 is 1.18 bits per heavy atom. The highest BCUT2D eigenvalue weighted by molar-refractivity contribution is 4.83. The van der Waals surface area contributed by atoms with Gasteiger partial charge in [0.15, 0.2) is 0 Å². The maximum absolute atomic E-state index is 9.33. The summed E-state index contributed by atoms with van der Waals surface area (Å²) in [6.45, 7) is 10.8. The molecule has 0 aliphatic heterocycles. The maximum Gasteiger partial charge on any atom is 0.0701 e. The van der Waals surface area contributed by atoms with Crippen LogP contribution in [0.4, 0.5) is 0 Å². The molecule has 0 radical (unpaired) electrons. The SMILES string of the molecule is CCCCOCCOCC(C)(CO)NC(C)C. The summed E-state index contributed by atoms with van der Waals surface area (Å²) in [7, 11) is 0. The number of hydrogen-bond donors (Lipinski definition) is 2. The first-order valence-electron chi connectivity index (χ1n) is 6.58. The molecule has 0 aromatic carbocycles. The predicted molar refractivity (Wildman–Crippen MR) is 70.3 cm³/mol. The van der Waals surface area contributed by atoms with Crippen LogP contribution in [0.25, 0.3) is 0 Å². The van der Waals surface area contributed by atoms with Gasteiger partial charge >= 0.3 is 0 Å². The quantitative estimate of drug-likeness (QED) is 0.544. The standard InChI is InChI=1S/C13H29NO3/c1-5-6-7-16-8-9-17-11-13(4,10-15)14-12(2)3/h12,14-15H,5-11H2,1-4H3. The first-order valence-corrected chi connectivity index (χ1v) is 6.58. The Morgan fingerprint density at radius 2 is 1.82 bits per heavy atom. The second-order valence-electron chi connectivity index (χ2n) is 5.04. The van der Waals surface area contributed by atoms with Gasteiger partial charge in [0.2, 0.25) is 0 Å². The Kier molecular flexibility index (Phi) is 9.74. The van der Waals surface area contributed by atoms with Gasteiger partial charge in [0.1, 0.15) is 0 Å². The molecular weight excluding hydrogens is 218 g/mol. The summed E-state index contributed by atoms with van der Waals surface area (Å²) in [4.78, 5) is 0. The third-order valence-electron chi connectivity index (χ3n) is 2.42. The first kappa shape index (κ1) is 16.8. The first-order chi connectivity index (χ1) is 8.04. The highest BCUT2D eigenvalue weighted by Crippen LogP contribution is 2.05. The summed E-state index contributed by atoms with van der Waals surface area (Å²) in [6.07, 6.45) is 2.25. The van der Waals surface area contributed by atoms with E-state index in [0.717, 1.165) is 19.4 Å². The van der Waals surface area contributed by atoms with Crippen molar-refractivity contribution in [2.45, 2.75) is 52.1 Å². The molecule has 4 heteroatoms. The summed E-state index contributed by atoms with van der Waals surface area (Å²) in [5.74, 6) is 0. The van der Waals surface area contributed by atoms with Gasteiger partial charge in [-0.1, -0.05) is 27.2 Å². The third-order valence-corrected chi connectivity index (χ3v) is 2.42. The maximum atomic E-state index is 9.33. The second kappa shape index (κ2) is 9.83. The molecule has 0 saturated heterocycles. The summed E-state index contributed by atoms with van der Waals surface area (Å²) in [5.41, 5.74) is -0.364. The van der Waals surface area contributed by atoms with Gasteiger partial charge in [0.05, 0.1) is 32.0 Å². The molecular formula is C13H29NO3. The Hall–Kier alpha value is -0.160. The van der Waals surface area contributed by atoms with Crippen molar-refractivity contribution < 1.29 is 14.6 Å². The largest absolute Gasteiger partial charge is 0.394 e. The molecule has 0 amide bonds. The van der Waals surface area contributed by atoms with E-state index >= 15 is 0 Å². The number of unbranched alkanes of at least 4 members (excludes halogenated alkanes) is 1. The van der Waals surface area contributed by atoms with E-state index in [1.807, 2.05) is 6.92 Å². The zero-order valence-electron chi connectivity index (χ0n) is 11.8. The van der Waals surface area contributed by atoms with Crippen LogP contribution in [0, 0.1) is 0 Å². The van der Waals surface area contributed by atoms with Gasteiger partial charge in [-0.15, -0.1) is 0 Å². The molecule has 4 nitrogen and oxygen atoms in total. The van der Waals surface area contributed by atoms with Gasteiger partial charge in [-0.05, 0) is 13.3 Å². The monoisotopic (exact) mass is 247 g/mol. The van der Waals surface area contributed by atoms with E-state index in [4.69, 9.17) is 9.47 Å². The molecule has 0 bridgehead atoms. The molecule has 0 aliphatic carbocycles. The number of aliphatic hydroxyl groups excluding tert-OH is 1. The van der Waals surface area contributed by atoms with Crippen molar-refractivity contribution >= 4 is 0 Å². The van der Waals surface area contributed by atoms with Crippen LogP contribution in [0.3, 0.4) is 0 Å². The van der Waals surface area contributed by atoms with E-state index < -0.39 is 0 Å². The van der Waals surface area contributed by atoms with Gasteiger partial charge in [-0.25, -0.2) is 0 Å². The van der Waals surface area contributed by atoms with Crippen molar-refractivity contribution in [3.8, 4) is 0 Å². The van der Waals surface area contributed by atoms with Gasteiger partial charge in [-0.3, -0.25) is 0 Å². The Bertz CT molecular complexity index is 176. The van der Waals surface area contributed by atoms with E-state index in [1.165, 1.54) is 0 Å². The lowest BCUT2D eigenvalue weighted by Gasteiger charge is -2.30. The molecule has 104 valence electrons. The van der Waals surface area contributed by atoms with Gasteiger partial charge < -0.3 is 19.9 Å². The number of nitrogens with one attached hydrogen (secondary N) is 1. The lowest BCUT2D eigenvalue weighted by Crippen LogP contribution is -2.52. The van der Waals surface area contributed by atoms with Crippen LogP contribution >= 0.6 is 0 Å². The fourth-order valence-electron chi connectivity index (χ4n) is 1.59. The summed E-state index contributed by atoms with van der Waals surface area (Å²) in [5, 5.41) is 12.6. The van der Waals surface area contributed by atoms with Crippen LogP contribution in [0.15, 0.2) is 0 Å². The van der Waals surface area contributed by atoms with Crippen LogP contribution in [-0.4, -0.2) is 49.7 Å². The Labute approximate surface area is 106 Å². The molecule has 0 saturated carbocycles. The molecule has 0 heterocycles. The molecule has 17 heavy (non-hydrogen) atoms. The van der Waals surface area contributed by atoms with Crippen molar-refractivity contribution in [1.29, 1.82) is 0 Å². The van der Waals surface area contributed by atoms with E-state index in [2.05, 4.69) is 26.1 Å². The average molecular weight is 247 g/mol. The lowest BCUT2D eigenvalue weighted by atomic mass is 10.0. The second-order valence-corrected chi connectivity index (χ2v) is 5.04. The van der Waals surface area contributed by atoms with Crippen molar-refractivity contribution in [1.82, 2.24) is 5.32 Å². The van der Waals surface area contributed by atoms with Crippen molar-refractivity contribution in [3.05, 3.63) is 0 Å². The molecule has 2 N–H and O–H groups in total. The van der Waals surface area contributed by atoms with Gasteiger partial charge in [-0.2, -0.15) is 0 Å². The molecule has 1 unspecified atom stereocenters. The minimum atomic E-state index is -0.364.